The van der Waals surface area contributed by atoms with Crippen molar-refractivity contribution in [3.8, 4) is 0 Å². The molecule has 2 aromatic heterocycles. The predicted molar refractivity (Wildman–Crippen MR) is 63.5 cm³/mol. The normalized spacial score (nSPS) is 18.5. The SMILES string of the molecule is O=C1Nc2cnccc2NC1c1cccs1. The maximum absolute atomic E-state index is 11.9. The molecule has 1 aliphatic rings. The van der Waals surface area contributed by atoms with E-state index in [9.17, 15) is 4.79 Å². The second-order valence-corrected chi connectivity index (χ2v) is 4.48. The number of carbonyl (C=O) groups excluding carboxylic acids is 1. The van der Waals surface area contributed by atoms with Crippen molar-refractivity contribution in [2.45, 2.75) is 6.04 Å². The Balaban J connectivity index is 1.98. The predicted octanol–water partition coefficient (Wildman–Crippen LogP) is 2.25. The molecule has 0 bridgehead atoms. The third-order valence-electron chi connectivity index (χ3n) is 2.47. The lowest BCUT2D eigenvalue weighted by molar-refractivity contribution is -0.117. The zero-order valence-corrected chi connectivity index (χ0v) is 9.12. The molecule has 2 N–H and O–H groups in total. The van der Waals surface area contributed by atoms with E-state index in [-0.39, 0.29) is 11.9 Å². The lowest BCUT2D eigenvalue weighted by atomic mass is 10.1. The first kappa shape index (κ1) is 9.35. The van der Waals surface area contributed by atoms with Gasteiger partial charge in [0.1, 0.15) is 6.04 Å². The number of hydrogen-bond acceptors (Lipinski definition) is 4. The molecule has 4 nitrogen and oxygen atoms in total. The Hall–Kier alpha value is -1.88. The van der Waals surface area contributed by atoms with Gasteiger partial charge in [0, 0.05) is 11.1 Å². The van der Waals surface area contributed by atoms with Crippen LogP contribution in [-0.4, -0.2) is 10.9 Å². The lowest BCUT2D eigenvalue weighted by Gasteiger charge is -2.25. The molecule has 1 unspecified atom stereocenters. The third kappa shape index (κ3) is 1.45. The molecule has 0 saturated carbocycles. The number of amides is 1. The average molecular weight is 231 g/mol. The van der Waals surface area contributed by atoms with Crippen molar-refractivity contribution < 1.29 is 4.79 Å². The molecule has 0 fully saturated rings. The van der Waals surface area contributed by atoms with Crippen LogP contribution in [0.1, 0.15) is 10.9 Å². The average Bonchev–Trinajstić information content (AvgIpc) is 2.81. The summed E-state index contributed by atoms with van der Waals surface area (Å²) in [5.74, 6) is -0.0389. The minimum atomic E-state index is -0.296. The summed E-state index contributed by atoms with van der Waals surface area (Å²) < 4.78 is 0. The number of anilines is 2. The van der Waals surface area contributed by atoms with E-state index in [0.29, 0.717) is 0 Å². The molecule has 3 heterocycles. The Morgan fingerprint density at radius 2 is 2.25 bits per heavy atom. The van der Waals surface area contributed by atoms with Crippen LogP contribution in [0.2, 0.25) is 0 Å². The largest absolute Gasteiger partial charge is 0.368 e. The fraction of sp³-hybridized carbons (Fsp3) is 0.0909. The van der Waals surface area contributed by atoms with Crippen molar-refractivity contribution in [2.24, 2.45) is 0 Å². The van der Waals surface area contributed by atoms with Crippen molar-refractivity contribution in [3.05, 3.63) is 40.8 Å². The number of carbonyl (C=O) groups is 1. The molecule has 3 rings (SSSR count). The monoisotopic (exact) mass is 231 g/mol. The quantitative estimate of drug-likeness (QED) is 0.791. The van der Waals surface area contributed by atoms with Crippen molar-refractivity contribution >= 4 is 28.6 Å². The molecular weight excluding hydrogens is 222 g/mol. The van der Waals surface area contributed by atoms with E-state index < -0.39 is 0 Å². The standard InChI is InChI=1S/C11H9N3OS/c15-11-10(9-2-1-5-16-9)13-7-3-4-12-6-8(7)14-11/h1-6,10,13H,(H,14,15). The summed E-state index contributed by atoms with van der Waals surface area (Å²) >= 11 is 1.57. The number of nitrogens with zero attached hydrogens (tertiary/aromatic N) is 1. The fourth-order valence-corrected chi connectivity index (χ4v) is 2.48. The molecule has 1 atom stereocenters. The number of rotatable bonds is 1. The van der Waals surface area contributed by atoms with Gasteiger partial charge in [0.05, 0.1) is 17.6 Å². The number of fused-ring (bicyclic) bond motifs is 1. The van der Waals surface area contributed by atoms with Crippen LogP contribution in [0, 0.1) is 0 Å². The van der Waals surface area contributed by atoms with Gasteiger partial charge in [0.2, 0.25) is 0 Å². The highest BCUT2D eigenvalue weighted by atomic mass is 32.1. The number of aromatic nitrogens is 1. The third-order valence-corrected chi connectivity index (χ3v) is 3.41. The lowest BCUT2D eigenvalue weighted by Crippen LogP contribution is -2.31. The number of nitrogens with one attached hydrogen (secondary N) is 2. The first-order chi connectivity index (χ1) is 7.84. The molecule has 16 heavy (non-hydrogen) atoms. The van der Waals surface area contributed by atoms with Gasteiger partial charge in [-0.05, 0) is 17.5 Å². The second-order valence-electron chi connectivity index (χ2n) is 3.50. The van der Waals surface area contributed by atoms with Crippen molar-refractivity contribution in [1.82, 2.24) is 4.98 Å². The Morgan fingerprint density at radius 3 is 3.06 bits per heavy atom. The van der Waals surface area contributed by atoms with E-state index in [1.165, 1.54) is 0 Å². The van der Waals surface area contributed by atoms with Crippen molar-refractivity contribution in [3.63, 3.8) is 0 Å². The molecule has 0 saturated heterocycles. The molecule has 0 aromatic carbocycles. The highest BCUT2D eigenvalue weighted by Gasteiger charge is 2.27. The summed E-state index contributed by atoms with van der Waals surface area (Å²) in [6, 6.07) is 5.45. The molecular formula is C11H9N3OS. The molecule has 1 amide bonds. The first-order valence-corrected chi connectivity index (χ1v) is 5.77. The van der Waals surface area contributed by atoms with Gasteiger partial charge in [0.25, 0.3) is 5.91 Å². The van der Waals surface area contributed by atoms with E-state index in [1.807, 2.05) is 23.6 Å². The minimum absolute atomic E-state index is 0.0389. The van der Waals surface area contributed by atoms with E-state index >= 15 is 0 Å². The topological polar surface area (TPSA) is 54.0 Å². The van der Waals surface area contributed by atoms with Gasteiger partial charge >= 0.3 is 0 Å². The van der Waals surface area contributed by atoms with Crippen molar-refractivity contribution in [2.75, 3.05) is 10.6 Å². The summed E-state index contributed by atoms with van der Waals surface area (Å²) in [4.78, 5) is 16.8. The molecule has 5 heteroatoms. The zero-order chi connectivity index (χ0) is 11.0. The Labute approximate surface area is 96.3 Å². The summed E-state index contributed by atoms with van der Waals surface area (Å²) in [6.45, 7) is 0. The van der Waals surface area contributed by atoms with Gasteiger partial charge in [-0.15, -0.1) is 11.3 Å². The van der Waals surface area contributed by atoms with Gasteiger partial charge in [-0.1, -0.05) is 6.07 Å². The maximum Gasteiger partial charge on any atom is 0.252 e. The molecule has 2 aromatic rings. The van der Waals surface area contributed by atoms with Crippen LogP contribution in [0.5, 0.6) is 0 Å². The molecule has 1 aliphatic heterocycles. The van der Waals surface area contributed by atoms with Crippen molar-refractivity contribution in [1.29, 1.82) is 0 Å². The summed E-state index contributed by atoms with van der Waals surface area (Å²) in [5, 5.41) is 8.01. The maximum atomic E-state index is 11.9. The Kier molecular flexibility index (Phi) is 2.11. The highest BCUT2D eigenvalue weighted by Crippen LogP contribution is 2.32. The van der Waals surface area contributed by atoms with E-state index in [1.54, 1.807) is 23.7 Å². The van der Waals surface area contributed by atoms with Crippen LogP contribution >= 0.6 is 11.3 Å². The summed E-state index contributed by atoms with van der Waals surface area (Å²) in [5.41, 5.74) is 1.65. The van der Waals surface area contributed by atoms with Gasteiger partial charge in [-0.2, -0.15) is 0 Å². The van der Waals surface area contributed by atoms with E-state index in [0.717, 1.165) is 16.3 Å². The van der Waals surface area contributed by atoms with Crippen LogP contribution in [0.15, 0.2) is 36.0 Å². The number of pyridine rings is 1. The van der Waals surface area contributed by atoms with E-state index in [4.69, 9.17) is 0 Å². The van der Waals surface area contributed by atoms with E-state index in [2.05, 4.69) is 15.6 Å². The molecule has 0 radical (unpaired) electrons. The van der Waals surface area contributed by atoms with Crippen LogP contribution in [-0.2, 0) is 4.79 Å². The fourth-order valence-electron chi connectivity index (χ4n) is 1.70. The van der Waals surface area contributed by atoms with Gasteiger partial charge in [0.15, 0.2) is 0 Å². The second kappa shape index (κ2) is 3.61. The number of hydrogen-bond donors (Lipinski definition) is 2. The van der Waals surface area contributed by atoms with Crippen LogP contribution < -0.4 is 10.6 Å². The summed E-state index contributed by atoms with van der Waals surface area (Å²) in [6.07, 6.45) is 3.35. The Morgan fingerprint density at radius 1 is 1.31 bits per heavy atom. The minimum Gasteiger partial charge on any atom is -0.368 e. The van der Waals surface area contributed by atoms with Gasteiger partial charge in [-0.3, -0.25) is 9.78 Å². The van der Waals surface area contributed by atoms with Crippen LogP contribution in [0.25, 0.3) is 0 Å². The van der Waals surface area contributed by atoms with Crippen LogP contribution in [0.3, 0.4) is 0 Å². The highest BCUT2D eigenvalue weighted by molar-refractivity contribution is 7.10. The zero-order valence-electron chi connectivity index (χ0n) is 8.31. The summed E-state index contributed by atoms with van der Waals surface area (Å²) in [7, 11) is 0. The molecule has 0 spiro atoms. The number of thiophene rings is 1. The molecule has 0 aliphatic carbocycles. The Bertz CT molecular complexity index is 524. The smallest absolute Gasteiger partial charge is 0.252 e. The molecule has 80 valence electrons. The first-order valence-electron chi connectivity index (χ1n) is 4.89. The van der Waals surface area contributed by atoms with Gasteiger partial charge in [-0.25, -0.2) is 0 Å². The van der Waals surface area contributed by atoms with Gasteiger partial charge < -0.3 is 10.6 Å². The van der Waals surface area contributed by atoms with Crippen LogP contribution in [0.4, 0.5) is 11.4 Å².